The van der Waals surface area contributed by atoms with E-state index in [0.717, 1.165) is 38.3 Å². The molecule has 0 aliphatic heterocycles. The molecule has 5 heteroatoms. The average molecular weight is 273 g/mol. The summed E-state index contributed by atoms with van der Waals surface area (Å²) in [6.07, 6.45) is 5.03. The molecule has 18 heavy (non-hydrogen) atoms. The lowest BCUT2D eigenvalue weighted by Crippen LogP contribution is -2.50. The molecule has 106 valence electrons. The first-order chi connectivity index (χ1) is 8.41. The minimum atomic E-state index is -0.509. The summed E-state index contributed by atoms with van der Waals surface area (Å²) in [5, 5.41) is 16.5. The Morgan fingerprint density at radius 1 is 1.39 bits per heavy atom. The molecule has 1 saturated carbocycles. The van der Waals surface area contributed by atoms with E-state index in [1.807, 2.05) is 11.8 Å². The van der Waals surface area contributed by atoms with Crippen LogP contribution in [0.3, 0.4) is 0 Å². The maximum absolute atomic E-state index is 10.1. The SMILES string of the molecule is CCNC(=NCC(C)(C)SC)NCC1(O)CCC1. The standard InChI is InChI=1S/C13H27N3OS/c1-5-14-11(15-9-12(2,3)18-4)16-10-13(17)7-6-8-13/h17H,5-10H2,1-4H3,(H2,14,15,16). The molecule has 0 aromatic rings. The predicted octanol–water partition coefficient (Wildman–Crippen LogP) is 1.60. The molecule has 1 aliphatic carbocycles. The van der Waals surface area contributed by atoms with Crippen LogP contribution in [0.1, 0.15) is 40.0 Å². The summed E-state index contributed by atoms with van der Waals surface area (Å²) in [6.45, 7) is 8.62. The van der Waals surface area contributed by atoms with E-state index in [-0.39, 0.29) is 4.75 Å². The molecule has 0 amide bonds. The van der Waals surface area contributed by atoms with Gasteiger partial charge in [-0.3, -0.25) is 4.99 Å². The monoisotopic (exact) mass is 273 g/mol. The maximum Gasteiger partial charge on any atom is 0.191 e. The highest BCUT2D eigenvalue weighted by atomic mass is 32.2. The van der Waals surface area contributed by atoms with Crippen LogP contribution in [0.2, 0.25) is 0 Å². The smallest absolute Gasteiger partial charge is 0.191 e. The van der Waals surface area contributed by atoms with Gasteiger partial charge in [0.05, 0.1) is 12.1 Å². The van der Waals surface area contributed by atoms with Gasteiger partial charge in [0.1, 0.15) is 0 Å². The van der Waals surface area contributed by atoms with Gasteiger partial charge in [-0.1, -0.05) is 0 Å². The second-order valence-corrected chi connectivity index (χ2v) is 7.10. The summed E-state index contributed by atoms with van der Waals surface area (Å²) >= 11 is 1.81. The van der Waals surface area contributed by atoms with E-state index in [1.165, 1.54) is 0 Å². The van der Waals surface area contributed by atoms with Crippen molar-refractivity contribution < 1.29 is 5.11 Å². The summed E-state index contributed by atoms with van der Waals surface area (Å²) in [6, 6.07) is 0. The maximum atomic E-state index is 10.1. The molecule has 1 rings (SSSR count). The molecular formula is C13H27N3OS. The van der Waals surface area contributed by atoms with Crippen molar-refractivity contribution in [3.05, 3.63) is 0 Å². The van der Waals surface area contributed by atoms with Crippen molar-refractivity contribution in [3.63, 3.8) is 0 Å². The highest BCUT2D eigenvalue weighted by molar-refractivity contribution is 7.99. The van der Waals surface area contributed by atoms with Crippen LogP contribution in [0.4, 0.5) is 0 Å². The normalized spacial score (nSPS) is 19.3. The van der Waals surface area contributed by atoms with E-state index in [1.54, 1.807) is 0 Å². The molecule has 3 N–H and O–H groups in total. The van der Waals surface area contributed by atoms with Crippen LogP contribution in [-0.4, -0.2) is 47.3 Å². The topological polar surface area (TPSA) is 56.7 Å². The number of hydrogen-bond donors (Lipinski definition) is 3. The average Bonchev–Trinajstić information content (AvgIpc) is 2.30. The zero-order chi connectivity index (χ0) is 13.6. The fourth-order valence-electron chi connectivity index (χ4n) is 1.69. The number of rotatable bonds is 6. The number of guanidine groups is 1. The second kappa shape index (κ2) is 6.66. The van der Waals surface area contributed by atoms with Crippen LogP contribution in [0, 0.1) is 0 Å². The Balaban J connectivity index is 2.45. The van der Waals surface area contributed by atoms with Crippen molar-refractivity contribution in [2.75, 3.05) is 25.9 Å². The Kier molecular flexibility index (Phi) is 5.79. The highest BCUT2D eigenvalue weighted by Gasteiger charge is 2.34. The molecule has 0 atom stereocenters. The summed E-state index contributed by atoms with van der Waals surface area (Å²) in [5.41, 5.74) is -0.509. The van der Waals surface area contributed by atoms with Gasteiger partial charge in [0.15, 0.2) is 5.96 Å². The highest BCUT2D eigenvalue weighted by Crippen LogP contribution is 2.30. The molecule has 0 spiro atoms. The first kappa shape index (κ1) is 15.6. The number of thioether (sulfide) groups is 1. The van der Waals surface area contributed by atoms with Crippen LogP contribution < -0.4 is 10.6 Å². The summed E-state index contributed by atoms with van der Waals surface area (Å²) in [5.74, 6) is 0.806. The Morgan fingerprint density at radius 3 is 2.50 bits per heavy atom. The number of nitrogens with one attached hydrogen (secondary N) is 2. The molecule has 0 aromatic heterocycles. The largest absolute Gasteiger partial charge is 0.388 e. The summed E-state index contributed by atoms with van der Waals surface area (Å²) in [4.78, 5) is 4.58. The van der Waals surface area contributed by atoms with E-state index in [0.29, 0.717) is 6.54 Å². The molecule has 0 bridgehead atoms. The Morgan fingerprint density at radius 2 is 2.06 bits per heavy atom. The van der Waals surface area contributed by atoms with E-state index in [9.17, 15) is 5.11 Å². The molecule has 0 aromatic carbocycles. The first-order valence-electron chi connectivity index (χ1n) is 6.70. The predicted molar refractivity (Wildman–Crippen MR) is 80.4 cm³/mol. The molecule has 1 fully saturated rings. The fourth-order valence-corrected chi connectivity index (χ4v) is 1.88. The van der Waals surface area contributed by atoms with Crippen LogP contribution in [0.5, 0.6) is 0 Å². The third-order valence-electron chi connectivity index (χ3n) is 3.38. The van der Waals surface area contributed by atoms with Crippen LogP contribution in [0.15, 0.2) is 4.99 Å². The quantitative estimate of drug-likeness (QED) is 0.508. The summed E-state index contributed by atoms with van der Waals surface area (Å²) < 4.78 is 0.149. The Hall–Kier alpha value is -0.420. The fraction of sp³-hybridized carbons (Fsp3) is 0.923. The van der Waals surface area contributed by atoms with E-state index in [2.05, 4.69) is 42.7 Å². The molecule has 4 nitrogen and oxygen atoms in total. The van der Waals surface area contributed by atoms with Gasteiger partial charge in [0.2, 0.25) is 0 Å². The minimum Gasteiger partial charge on any atom is -0.388 e. The van der Waals surface area contributed by atoms with E-state index >= 15 is 0 Å². The van der Waals surface area contributed by atoms with Gasteiger partial charge < -0.3 is 15.7 Å². The van der Waals surface area contributed by atoms with Crippen molar-refractivity contribution in [1.29, 1.82) is 0 Å². The van der Waals surface area contributed by atoms with Gasteiger partial charge in [-0.2, -0.15) is 11.8 Å². The van der Waals surface area contributed by atoms with Crippen molar-refractivity contribution in [1.82, 2.24) is 10.6 Å². The van der Waals surface area contributed by atoms with Gasteiger partial charge >= 0.3 is 0 Å². The molecule has 0 saturated heterocycles. The Bertz CT molecular complexity index is 288. The Labute approximate surface area is 115 Å². The van der Waals surface area contributed by atoms with Crippen LogP contribution in [-0.2, 0) is 0 Å². The van der Waals surface area contributed by atoms with Crippen LogP contribution in [0.25, 0.3) is 0 Å². The molecule has 0 heterocycles. The van der Waals surface area contributed by atoms with Crippen LogP contribution >= 0.6 is 11.8 Å². The third-order valence-corrected chi connectivity index (χ3v) is 4.62. The number of nitrogens with zero attached hydrogens (tertiary/aromatic N) is 1. The van der Waals surface area contributed by atoms with E-state index in [4.69, 9.17) is 0 Å². The van der Waals surface area contributed by atoms with Gasteiger partial charge in [-0.25, -0.2) is 0 Å². The number of aliphatic hydroxyl groups is 1. The van der Waals surface area contributed by atoms with Gasteiger partial charge in [-0.05, 0) is 46.3 Å². The molecule has 1 aliphatic rings. The zero-order valence-corrected chi connectivity index (χ0v) is 12.9. The second-order valence-electron chi connectivity index (χ2n) is 5.59. The molecule has 0 radical (unpaired) electrons. The number of aliphatic imine (C=N–C) groups is 1. The molecular weight excluding hydrogens is 246 g/mol. The lowest BCUT2D eigenvalue weighted by atomic mass is 9.80. The van der Waals surface area contributed by atoms with E-state index < -0.39 is 5.60 Å². The minimum absolute atomic E-state index is 0.149. The third kappa shape index (κ3) is 5.06. The van der Waals surface area contributed by atoms with Gasteiger partial charge in [0, 0.05) is 17.8 Å². The van der Waals surface area contributed by atoms with Crippen molar-refractivity contribution in [2.45, 2.75) is 50.4 Å². The van der Waals surface area contributed by atoms with Crippen molar-refractivity contribution in [2.24, 2.45) is 4.99 Å². The van der Waals surface area contributed by atoms with Crippen molar-refractivity contribution >= 4 is 17.7 Å². The number of hydrogen-bond acceptors (Lipinski definition) is 3. The lowest BCUT2D eigenvalue weighted by molar-refractivity contribution is -0.0279. The summed E-state index contributed by atoms with van der Waals surface area (Å²) in [7, 11) is 0. The zero-order valence-electron chi connectivity index (χ0n) is 12.0. The van der Waals surface area contributed by atoms with Gasteiger partial charge in [-0.15, -0.1) is 0 Å². The van der Waals surface area contributed by atoms with Gasteiger partial charge in [0.25, 0.3) is 0 Å². The first-order valence-corrected chi connectivity index (χ1v) is 7.93. The molecule has 0 unspecified atom stereocenters. The lowest BCUT2D eigenvalue weighted by Gasteiger charge is -2.37. The van der Waals surface area contributed by atoms with Crippen molar-refractivity contribution in [3.8, 4) is 0 Å².